The number of pyridine rings is 1. The number of fused-ring (bicyclic) bond motifs is 5. The lowest BCUT2D eigenvalue weighted by atomic mass is 9.46. The summed E-state index contributed by atoms with van der Waals surface area (Å²) in [6, 6.07) is 11.8. The molecule has 2 fully saturated rings. The molecule has 2 saturated carbocycles. The minimum Gasteiger partial charge on any atom is -0.465 e. The smallest absolute Gasteiger partial charge is 0.411 e. The fourth-order valence-electron chi connectivity index (χ4n) is 8.69. The Morgan fingerprint density at radius 1 is 0.973 bits per heavy atom. The van der Waals surface area contributed by atoms with Gasteiger partial charge in [0.1, 0.15) is 0 Å². The highest BCUT2D eigenvalue weighted by atomic mass is 16.4. The highest BCUT2D eigenvalue weighted by Gasteiger charge is 2.56. The molecular formula is C32H36N2O3. The molecule has 1 aromatic heterocycles. The van der Waals surface area contributed by atoms with Crippen LogP contribution in [0.5, 0.6) is 0 Å². The molecule has 6 atom stereocenters. The molecule has 5 nitrogen and oxygen atoms in total. The van der Waals surface area contributed by atoms with Crippen molar-refractivity contribution in [2.45, 2.75) is 64.7 Å². The van der Waals surface area contributed by atoms with Gasteiger partial charge in [-0.05, 0) is 108 Å². The van der Waals surface area contributed by atoms with Crippen molar-refractivity contribution < 1.29 is 14.7 Å². The van der Waals surface area contributed by atoms with Gasteiger partial charge >= 0.3 is 6.09 Å². The topological polar surface area (TPSA) is 79.3 Å². The number of carboxylic acid groups (broad SMARTS) is 1. The molecule has 2 amide bonds. The number of benzene rings is 1. The number of carbonyl (C=O) groups is 2. The Labute approximate surface area is 219 Å². The molecule has 5 heteroatoms. The van der Waals surface area contributed by atoms with Gasteiger partial charge < -0.3 is 5.11 Å². The molecule has 4 aliphatic rings. The van der Waals surface area contributed by atoms with Crippen molar-refractivity contribution in [3.8, 4) is 0 Å². The van der Waals surface area contributed by atoms with E-state index >= 15 is 0 Å². The summed E-state index contributed by atoms with van der Waals surface area (Å²) < 4.78 is 0. The Hall–Kier alpha value is -3.21. The molecule has 0 spiro atoms. The molecule has 192 valence electrons. The second-order valence-electron chi connectivity index (χ2n) is 12.1. The zero-order chi connectivity index (χ0) is 25.8. The summed E-state index contributed by atoms with van der Waals surface area (Å²) >= 11 is 0. The number of imide groups is 1. The minimum absolute atomic E-state index is 0.204. The van der Waals surface area contributed by atoms with E-state index in [2.05, 4.69) is 43.1 Å². The van der Waals surface area contributed by atoms with Gasteiger partial charge in [-0.1, -0.05) is 55.8 Å². The Bertz CT molecular complexity index is 1300. The molecule has 1 heterocycles. The molecule has 0 bridgehead atoms. The van der Waals surface area contributed by atoms with Crippen LogP contribution in [0, 0.1) is 28.6 Å². The zero-order valence-corrected chi connectivity index (χ0v) is 21.7. The first-order valence-electron chi connectivity index (χ1n) is 13.7. The number of carbonyl (C=O) groups excluding carboxylic acids is 1. The summed E-state index contributed by atoms with van der Waals surface area (Å²) in [6.07, 6.45) is 15.5. The van der Waals surface area contributed by atoms with Crippen LogP contribution in [0.2, 0.25) is 0 Å². The lowest BCUT2D eigenvalue weighted by Gasteiger charge is -2.58. The Morgan fingerprint density at radius 2 is 1.78 bits per heavy atom. The molecule has 4 aliphatic carbocycles. The molecule has 0 saturated heterocycles. The van der Waals surface area contributed by atoms with Crippen LogP contribution in [0.15, 0.2) is 66.5 Å². The second-order valence-corrected chi connectivity index (χ2v) is 12.1. The first-order valence-corrected chi connectivity index (χ1v) is 13.7. The maximum absolute atomic E-state index is 12.6. The van der Waals surface area contributed by atoms with Gasteiger partial charge in [-0.15, -0.1) is 0 Å². The predicted octanol–water partition coefficient (Wildman–Crippen LogP) is 7.23. The van der Waals surface area contributed by atoms with Crippen molar-refractivity contribution in [3.63, 3.8) is 0 Å². The summed E-state index contributed by atoms with van der Waals surface area (Å²) in [4.78, 5) is 28.1. The molecule has 6 rings (SSSR count). The summed E-state index contributed by atoms with van der Waals surface area (Å²) in [7, 11) is 0. The Morgan fingerprint density at radius 3 is 2.57 bits per heavy atom. The fourth-order valence-corrected chi connectivity index (χ4v) is 8.69. The van der Waals surface area contributed by atoms with Crippen LogP contribution in [0.4, 0.5) is 4.79 Å². The molecule has 0 unspecified atom stereocenters. The Kier molecular flexibility index (Phi) is 5.85. The lowest BCUT2D eigenvalue weighted by molar-refractivity contribution is -0.0115. The van der Waals surface area contributed by atoms with Crippen LogP contribution in [0.25, 0.3) is 5.57 Å². The number of allylic oxidation sites excluding steroid dienone is 4. The molecule has 0 aliphatic heterocycles. The van der Waals surface area contributed by atoms with Crippen molar-refractivity contribution >= 4 is 17.6 Å². The van der Waals surface area contributed by atoms with E-state index in [9.17, 15) is 9.59 Å². The van der Waals surface area contributed by atoms with E-state index in [0.717, 1.165) is 37.7 Å². The van der Waals surface area contributed by atoms with E-state index < -0.39 is 12.0 Å². The number of rotatable bonds is 3. The first kappa shape index (κ1) is 24.1. The first-order chi connectivity index (χ1) is 17.8. The fraction of sp³-hybridized carbons (Fsp3) is 0.469. The van der Waals surface area contributed by atoms with Gasteiger partial charge in [0.2, 0.25) is 0 Å². The third kappa shape index (κ3) is 3.86. The van der Waals surface area contributed by atoms with Gasteiger partial charge in [-0.25, -0.2) is 4.79 Å². The SMILES string of the molecule is C[C@]12CC[C@H](c3ccccc3C(=O)NC(=O)O)CC1=CC[C@@H]1[C@@H]2CC[C@]2(C)C(c3cccnc3)=CC[C@@H]12. The standard InChI is InChI=1S/C32H36N2O3/c1-31-15-13-20(23-7-3-4-8-24(23)29(35)34-30(36)37)18-22(31)9-10-25-27-12-11-26(21-6-5-17-33-19-21)32(27,2)16-14-28(25)31/h3-9,11,17,19-20,25,27-28H,10,12-16,18H2,1-2H3,(H,34,35)(H,36,37)/t20-,25-,27-,28-,31-,32+/m0/s1. The monoisotopic (exact) mass is 496 g/mol. The lowest BCUT2D eigenvalue weighted by Crippen LogP contribution is -2.49. The summed E-state index contributed by atoms with van der Waals surface area (Å²) in [5.74, 6) is 1.78. The van der Waals surface area contributed by atoms with Crippen LogP contribution in [-0.2, 0) is 0 Å². The van der Waals surface area contributed by atoms with E-state index in [1.807, 2.05) is 35.9 Å². The number of hydrogen-bond acceptors (Lipinski definition) is 3. The Balaban J connectivity index is 1.25. The van der Waals surface area contributed by atoms with Crippen LogP contribution >= 0.6 is 0 Å². The van der Waals surface area contributed by atoms with Gasteiger partial charge in [0.15, 0.2) is 0 Å². The van der Waals surface area contributed by atoms with Crippen LogP contribution in [0.3, 0.4) is 0 Å². The summed E-state index contributed by atoms with van der Waals surface area (Å²) in [5.41, 5.74) is 6.24. The largest absolute Gasteiger partial charge is 0.465 e. The van der Waals surface area contributed by atoms with Crippen LogP contribution in [0.1, 0.15) is 86.2 Å². The van der Waals surface area contributed by atoms with E-state index in [1.54, 1.807) is 11.6 Å². The number of aromatic nitrogens is 1. The van der Waals surface area contributed by atoms with Gasteiger partial charge in [0.05, 0.1) is 0 Å². The number of nitrogens with zero attached hydrogens (tertiary/aromatic N) is 1. The highest BCUT2D eigenvalue weighted by Crippen LogP contribution is 2.67. The predicted molar refractivity (Wildman–Crippen MR) is 144 cm³/mol. The third-order valence-corrected chi connectivity index (χ3v) is 10.5. The average Bonchev–Trinajstić information content (AvgIpc) is 3.25. The number of hydrogen-bond donors (Lipinski definition) is 2. The van der Waals surface area contributed by atoms with Crippen LogP contribution < -0.4 is 5.32 Å². The molecule has 2 N–H and O–H groups in total. The zero-order valence-electron chi connectivity index (χ0n) is 21.7. The van der Waals surface area contributed by atoms with Crippen molar-refractivity contribution in [1.82, 2.24) is 10.3 Å². The van der Waals surface area contributed by atoms with E-state index in [0.29, 0.717) is 23.3 Å². The van der Waals surface area contributed by atoms with Crippen molar-refractivity contribution in [1.29, 1.82) is 0 Å². The minimum atomic E-state index is -1.31. The van der Waals surface area contributed by atoms with Crippen molar-refractivity contribution in [3.05, 3.63) is 83.2 Å². The molecule has 37 heavy (non-hydrogen) atoms. The molecule has 2 aromatic rings. The van der Waals surface area contributed by atoms with E-state index in [-0.39, 0.29) is 16.7 Å². The van der Waals surface area contributed by atoms with Crippen LogP contribution in [-0.4, -0.2) is 22.1 Å². The molecule has 0 radical (unpaired) electrons. The highest BCUT2D eigenvalue weighted by molar-refractivity contribution is 6.03. The van der Waals surface area contributed by atoms with Crippen molar-refractivity contribution in [2.75, 3.05) is 0 Å². The summed E-state index contributed by atoms with van der Waals surface area (Å²) in [6.45, 7) is 5.00. The number of amides is 2. The van der Waals surface area contributed by atoms with Gasteiger partial charge in [0.25, 0.3) is 5.91 Å². The quantitative estimate of drug-likeness (QED) is 0.439. The third-order valence-electron chi connectivity index (χ3n) is 10.5. The molecular weight excluding hydrogens is 460 g/mol. The van der Waals surface area contributed by atoms with Crippen molar-refractivity contribution in [2.24, 2.45) is 28.6 Å². The normalized spacial score (nSPS) is 34.3. The van der Waals surface area contributed by atoms with E-state index in [1.165, 1.54) is 24.0 Å². The van der Waals surface area contributed by atoms with Gasteiger partial charge in [-0.2, -0.15) is 0 Å². The molecule has 1 aromatic carbocycles. The summed E-state index contributed by atoms with van der Waals surface area (Å²) in [5, 5.41) is 11.1. The maximum Gasteiger partial charge on any atom is 0.411 e. The van der Waals surface area contributed by atoms with Gasteiger partial charge in [-0.3, -0.25) is 15.1 Å². The van der Waals surface area contributed by atoms with Gasteiger partial charge in [0, 0.05) is 18.0 Å². The number of nitrogens with one attached hydrogen (secondary N) is 1. The maximum atomic E-state index is 12.6. The average molecular weight is 497 g/mol. The van der Waals surface area contributed by atoms with E-state index in [4.69, 9.17) is 5.11 Å². The second kappa shape index (κ2) is 8.97.